The molecule has 0 aliphatic carbocycles. The van der Waals surface area contributed by atoms with E-state index >= 15 is 0 Å². The van der Waals surface area contributed by atoms with Crippen LogP contribution in [0.2, 0.25) is 5.02 Å². The van der Waals surface area contributed by atoms with E-state index in [2.05, 4.69) is 25.5 Å². The molecule has 7 nitrogen and oxygen atoms in total. The summed E-state index contributed by atoms with van der Waals surface area (Å²) in [7, 11) is 1.42. The fourth-order valence-corrected chi connectivity index (χ4v) is 1.30. The molecular weight excluding hydrogens is 246 g/mol. The largest absolute Gasteiger partial charge is 0.466 e. The van der Waals surface area contributed by atoms with Crippen molar-refractivity contribution in [2.75, 3.05) is 12.4 Å². The number of aromatic amines is 1. The monoisotopic (exact) mass is 253 g/mol. The van der Waals surface area contributed by atoms with Crippen LogP contribution in [0.15, 0.2) is 18.5 Å². The highest BCUT2D eigenvalue weighted by Crippen LogP contribution is 2.15. The number of ether oxygens (including phenoxy) is 1. The third kappa shape index (κ3) is 2.51. The molecule has 2 rings (SSSR count). The summed E-state index contributed by atoms with van der Waals surface area (Å²) in [5.74, 6) is -0.256. The van der Waals surface area contributed by atoms with Crippen LogP contribution >= 0.6 is 11.6 Å². The molecule has 2 aromatic heterocycles. The van der Waals surface area contributed by atoms with Crippen LogP contribution in [-0.4, -0.2) is 33.2 Å². The van der Waals surface area contributed by atoms with Gasteiger partial charge in [-0.15, -0.1) is 5.10 Å². The number of rotatable bonds is 3. The number of halogens is 1. The number of amides is 1. The van der Waals surface area contributed by atoms with Gasteiger partial charge in [-0.05, 0) is 6.07 Å². The van der Waals surface area contributed by atoms with Crippen LogP contribution in [0.4, 0.5) is 5.95 Å². The fourth-order valence-electron chi connectivity index (χ4n) is 1.11. The minimum absolute atomic E-state index is 0.137. The number of aromatic nitrogens is 4. The number of hydrogen-bond donors (Lipinski definition) is 2. The van der Waals surface area contributed by atoms with E-state index in [9.17, 15) is 4.79 Å². The molecule has 0 aliphatic rings. The SMILES string of the molecule is COc1n[nH]c(NC(=O)c2cnccc2Cl)n1. The lowest BCUT2D eigenvalue weighted by Gasteiger charge is -2.02. The number of anilines is 1. The lowest BCUT2D eigenvalue weighted by molar-refractivity contribution is 0.102. The summed E-state index contributed by atoms with van der Waals surface area (Å²) in [5.41, 5.74) is 0.254. The Morgan fingerprint density at radius 1 is 1.59 bits per heavy atom. The number of nitrogens with one attached hydrogen (secondary N) is 2. The molecule has 2 heterocycles. The van der Waals surface area contributed by atoms with Gasteiger partial charge in [-0.25, -0.2) is 5.10 Å². The lowest BCUT2D eigenvalue weighted by Crippen LogP contribution is -2.13. The van der Waals surface area contributed by atoms with Crippen molar-refractivity contribution in [1.82, 2.24) is 20.2 Å². The van der Waals surface area contributed by atoms with Gasteiger partial charge < -0.3 is 4.74 Å². The number of pyridine rings is 1. The molecule has 8 heteroatoms. The van der Waals surface area contributed by atoms with Crippen molar-refractivity contribution in [2.24, 2.45) is 0 Å². The van der Waals surface area contributed by atoms with Gasteiger partial charge in [-0.3, -0.25) is 15.1 Å². The van der Waals surface area contributed by atoms with Gasteiger partial charge in [0.2, 0.25) is 5.95 Å². The van der Waals surface area contributed by atoms with Crippen LogP contribution in [0.1, 0.15) is 10.4 Å². The second-order valence-corrected chi connectivity index (χ2v) is 3.39. The van der Waals surface area contributed by atoms with E-state index in [1.54, 1.807) is 0 Å². The van der Waals surface area contributed by atoms with E-state index in [1.807, 2.05) is 0 Å². The van der Waals surface area contributed by atoms with E-state index in [1.165, 1.54) is 25.6 Å². The van der Waals surface area contributed by atoms with Gasteiger partial charge in [0.05, 0.1) is 17.7 Å². The maximum absolute atomic E-state index is 11.8. The summed E-state index contributed by atoms with van der Waals surface area (Å²) < 4.78 is 4.76. The predicted molar refractivity (Wildman–Crippen MR) is 60.1 cm³/mol. The van der Waals surface area contributed by atoms with Crippen LogP contribution in [-0.2, 0) is 0 Å². The van der Waals surface area contributed by atoms with Crippen LogP contribution in [0, 0.1) is 0 Å². The van der Waals surface area contributed by atoms with Gasteiger partial charge in [-0.1, -0.05) is 11.6 Å². The highest BCUT2D eigenvalue weighted by Gasteiger charge is 2.12. The molecule has 2 N–H and O–H groups in total. The van der Waals surface area contributed by atoms with Crippen molar-refractivity contribution in [3.8, 4) is 6.01 Å². The zero-order valence-electron chi connectivity index (χ0n) is 8.77. The third-order valence-electron chi connectivity index (χ3n) is 1.89. The van der Waals surface area contributed by atoms with Crippen molar-refractivity contribution in [2.45, 2.75) is 0 Å². The molecule has 2 aromatic rings. The zero-order valence-corrected chi connectivity index (χ0v) is 9.52. The molecule has 17 heavy (non-hydrogen) atoms. The smallest absolute Gasteiger partial charge is 0.336 e. The quantitative estimate of drug-likeness (QED) is 0.855. The van der Waals surface area contributed by atoms with E-state index in [-0.39, 0.29) is 17.5 Å². The highest BCUT2D eigenvalue weighted by atomic mass is 35.5. The predicted octanol–water partition coefficient (Wildman–Crippen LogP) is 1.11. The molecule has 0 fully saturated rings. The first-order valence-electron chi connectivity index (χ1n) is 4.58. The lowest BCUT2D eigenvalue weighted by atomic mass is 10.3. The normalized spacial score (nSPS) is 10.0. The van der Waals surface area contributed by atoms with Crippen LogP contribution < -0.4 is 10.1 Å². The molecule has 0 radical (unpaired) electrons. The molecule has 1 amide bonds. The number of methoxy groups -OCH3 is 1. The van der Waals surface area contributed by atoms with Gasteiger partial charge in [-0.2, -0.15) is 4.98 Å². The van der Waals surface area contributed by atoms with Crippen molar-refractivity contribution in [1.29, 1.82) is 0 Å². The summed E-state index contributed by atoms with van der Waals surface area (Å²) >= 11 is 5.85. The number of hydrogen-bond acceptors (Lipinski definition) is 5. The summed E-state index contributed by atoms with van der Waals surface area (Å²) in [4.78, 5) is 19.4. The Bertz CT molecular complexity index is 542. The van der Waals surface area contributed by atoms with Crippen LogP contribution in [0.3, 0.4) is 0 Å². The molecule has 0 aromatic carbocycles. The van der Waals surface area contributed by atoms with Gasteiger partial charge in [0, 0.05) is 12.4 Å². The summed E-state index contributed by atoms with van der Waals surface area (Å²) in [6, 6.07) is 1.66. The molecule has 0 aliphatic heterocycles. The van der Waals surface area contributed by atoms with Crippen LogP contribution in [0.25, 0.3) is 0 Å². The summed E-state index contributed by atoms with van der Waals surface area (Å²) in [6.45, 7) is 0. The molecule has 0 unspecified atom stereocenters. The number of carbonyl (C=O) groups is 1. The second kappa shape index (κ2) is 4.79. The highest BCUT2D eigenvalue weighted by molar-refractivity contribution is 6.34. The van der Waals surface area contributed by atoms with Crippen molar-refractivity contribution in [3.63, 3.8) is 0 Å². The molecule has 0 saturated carbocycles. The minimum atomic E-state index is -0.429. The molecule has 0 spiro atoms. The average molecular weight is 254 g/mol. The van der Waals surface area contributed by atoms with Gasteiger partial charge in [0.25, 0.3) is 5.91 Å². The first-order chi connectivity index (χ1) is 8.20. The Morgan fingerprint density at radius 2 is 2.41 bits per heavy atom. The summed E-state index contributed by atoms with van der Waals surface area (Å²) in [6.07, 6.45) is 2.86. The first kappa shape index (κ1) is 11.3. The average Bonchev–Trinajstić information content (AvgIpc) is 2.77. The van der Waals surface area contributed by atoms with Crippen molar-refractivity contribution < 1.29 is 9.53 Å². The molecule has 0 bridgehead atoms. The Hall–Kier alpha value is -2.15. The Kier molecular flexibility index (Phi) is 3.20. The number of H-pyrrole nitrogens is 1. The number of carbonyl (C=O) groups excluding carboxylic acids is 1. The van der Waals surface area contributed by atoms with Gasteiger partial charge >= 0.3 is 6.01 Å². The molecule has 0 saturated heterocycles. The van der Waals surface area contributed by atoms with E-state index in [0.29, 0.717) is 5.02 Å². The van der Waals surface area contributed by atoms with Crippen molar-refractivity contribution >= 4 is 23.5 Å². The minimum Gasteiger partial charge on any atom is -0.466 e. The molecule has 0 atom stereocenters. The van der Waals surface area contributed by atoms with Gasteiger partial charge in [0.1, 0.15) is 0 Å². The summed E-state index contributed by atoms with van der Waals surface area (Å²) in [5, 5.41) is 8.97. The van der Waals surface area contributed by atoms with Crippen LogP contribution in [0.5, 0.6) is 6.01 Å². The third-order valence-corrected chi connectivity index (χ3v) is 2.22. The van der Waals surface area contributed by atoms with Crippen molar-refractivity contribution in [3.05, 3.63) is 29.0 Å². The van der Waals surface area contributed by atoms with E-state index in [4.69, 9.17) is 16.3 Å². The first-order valence-corrected chi connectivity index (χ1v) is 4.95. The Morgan fingerprint density at radius 3 is 3.06 bits per heavy atom. The maximum Gasteiger partial charge on any atom is 0.336 e. The fraction of sp³-hybridized carbons (Fsp3) is 0.111. The Balaban J connectivity index is 2.14. The number of nitrogens with zero attached hydrogens (tertiary/aromatic N) is 3. The Labute approximate surface area is 101 Å². The molecule has 88 valence electrons. The van der Waals surface area contributed by atoms with Gasteiger partial charge in [0.15, 0.2) is 0 Å². The standard InChI is InChI=1S/C9H8ClN5O2/c1-17-9-13-8(14-15-9)12-7(16)5-4-11-3-2-6(5)10/h2-4H,1H3,(H2,12,13,14,15,16). The zero-order chi connectivity index (χ0) is 12.3. The maximum atomic E-state index is 11.8. The topological polar surface area (TPSA) is 92.8 Å². The van der Waals surface area contributed by atoms with E-state index in [0.717, 1.165) is 0 Å². The second-order valence-electron chi connectivity index (χ2n) is 2.98. The molecular formula is C9H8ClN5O2. The van der Waals surface area contributed by atoms with E-state index < -0.39 is 5.91 Å².